The van der Waals surface area contributed by atoms with Crippen LogP contribution >= 0.6 is 23.5 Å². The van der Waals surface area contributed by atoms with E-state index in [-0.39, 0.29) is 29.8 Å². The monoisotopic (exact) mass is 287 g/mol. The quantitative estimate of drug-likeness (QED) is 0.803. The van der Waals surface area contributed by atoms with Crippen LogP contribution in [0.25, 0.3) is 0 Å². The van der Waals surface area contributed by atoms with Gasteiger partial charge in [-0.05, 0) is 11.8 Å². The van der Waals surface area contributed by atoms with Crippen LogP contribution in [0.4, 0.5) is 13.2 Å². The molecule has 1 aromatic rings. The van der Waals surface area contributed by atoms with Crippen molar-refractivity contribution in [2.75, 3.05) is 11.5 Å². The Bertz CT molecular complexity index is 383. The minimum absolute atomic E-state index is 0.0825. The number of aryl methyl sites for hydroxylation is 1. The van der Waals surface area contributed by atoms with Gasteiger partial charge in [-0.1, -0.05) is 11.8 Å². The Morgan fingerprint density at radius 2 is 2.24 bits per heavy atom. The van der Waals surface area contributed by atoms with E-state index in [4.69, 9.17) is 5.11 Å². The lowest BCUT2D eigenvalue weighted by Gasteiger charge is -2.07. The summed E-state index contributed by atoms with van der Waals surface area (Å²) < 4.78 is 37.0. The number of hydrogen-bond donors (Lipinski definition) is 1. The molecule has 0 atom stereocenters. The summed E-state index contributed by atoms with van der Waals surface area (Å²) >= 11 is 0.782. The number of thioether (sulfide) groups is 2. The van der Waals surface area contributed by atoms with Crippen LogP contribution in [-0.4, -0.2) is 42.9 Å². The van der Waals surface area contributed by atoms with E-state index < -0.39 is 11.5 Å². The molecule has 1 rings (SSSR count). The number of alkyl halides is 3. The Morgan fingerprint density at radius 3 is 2.82 bits per heavy atom. The Labute approximate surface area is 103 Å². The SMILES string of the molecule is O=C(O)CSc1nncn1CCSC(F)(F)F. The van der Waals surface area contributed by atoms with Crippen molar-refractivity contribution in [3.63, 3.8) is 0 Å². The summed E-state index contributed by atoms with van der Waals surface area (Å²) in [5, 5.41) is 15.9. The first kappa shape index (κ1) is 14.2. The van der Waals surface area contributed by atoms with Gasteiger partial charge in [0.25, 0.3) is 0 Å². The highest BCUT2D eigenvalue weighted by Gasteiger charge is 2.27. The summed E-state index contributed by atoms with van der Waals surface area (Å²) in [6.07, 6.45) is 1.28. The van der Waals surface area contributed by atoms with Gasteiger partial charge in [0.15, 0.2) is 5.16 Å². The molecule has 0 fully saturated rings. The van der Waals surface area contributed by atoms with E-state index in [9.17, 15) is 18.0 Å². The molecule has 0 saturated heterocycles. The summed E-state index contributed by atoms with van der Waals surface area (Å²) in [5.41, 5.74) is -4.26. The average Bonchev–Trinajstić information content (AvgIpc) is 2.60. The molecule has 0 aliphatic carbocycles. The van der Waals surface area contributed by atoms with Crippen molar-refractivity contribution in [3.05, 3.63) is 6.33 Å². The number of aliphatic carboxylic acids is 1. The van der Waals surface area contributed by atoms with E-state index in [1.807, 2.05) is 0 Å². The van der Waals surface area contributed by atoms with Gasteiger partial charge in [-0.3, -0.25) is 4.79 Å². The zero-order chi connectivity index (χ0) is 12.9. The lowest BCUT2D eigenvalue weighted by molar-refractivity contribution is -0.133. The fourth-order valence-electron chi connectivity index (χ4n) is 0.896. The summed E-state index contributed by atoms with van der Waals surface area (Å²) in [4.78, 5) is 10.3. The normalized spacial score (nSPS) is 11.7. The van der Waals surface area contributed by atoms with Crippen molar-refractivity contribution in [3.8, 4) is 0 Å². The second-order valence-electron chi connectivity index (χ2n) is 2.78. The number of carbonyl (C=O) groups is 1. The van der Waals surface area contributed by atoms with Crippen molar-refractivity contribution < 1.29 is 23.1 Å². The molecule has 10 heteroatoms. The minimum atomic E-state index is -4.26. The van der Waals surface area contributed by atoms with Crippen LogP contribution in [0.1, 0.15) is 0 Å². The molecule has 0 radical (unpaired) electrons. The highest BCUT2D eigenvalue weighted by Crippen LogP contribution is 2.30. The Morgan fingerprint density at radius 1 is 1.53 bits per heavy atom. The average molecular weight is 287 g/mol. The number of nitrogens with zero attached hydrogens (tertiary/aromatic N) is 3. The third-order valence-electron chi connectivity index (χ3n) is 1.50. The second kappa shape index (κ2) is 6.15. The molecule has 1 N–H and O–H groups in total. The van der Waals surface area contributed by atoms with E-state index in [0.717, 1.165) is 11.8 Å². The third-order valence-corrected chi connectivity index (χ3v) is 3.18. The predicted molar refractivity (Wildman–Crippen MR) is 56.9 cm³/mol. The van der Waals surface area contributed by atoms with Gasteiger partial charge < -0.3 is 9.67 Å². The lowest BCUT2D eigenvalue weighted by Crippen LogP contribution is -2.08. The molecule has 0 bridgehead atoms. The molecule has 5 nitrogen and oxygen atoms in total. The minimum Gasteiger partial charge on any atom is -0.481 e. The molecular weight excluding hydrogens is 279 g/mol. The number of rotatable bonds is 6. The molecule has 0 spiro atoms. The number of carboxylic acid groups (broad SMARTS) is 1. The standard InChI is InChI=1S/C7H8F3N3O2S2/c8-7(9,10)17-2-1-13-4-11-12-6(13)16-3-5(14)15/h4H,1-3H2,(H,14,15). The maximum atomic E-state index is 11.9. The molecule has 0 saturated carbocycles. The number of hydrogen-bond acceptors (Lipinski definition) is 5. The summed E-state index contributed by atoms with van der Waals surface area (Å²) in [6.45, 7) is 0.0825. The molecule has 0 amide bonds. The van der Waals surface area contributed by atoms with Crippen molar-refractivity contribution in [1.82, 2.24) is 14.8 Å². The van der Waals surface area contributed by atoms with Crippen molar-refractivity contribution in [2.24, 2.45) is 0 Å². The Hall–Kier alpha value is -0.900. The van der Waals surface area contributed by atoms with E-state index in [0.29, 0.717) is 5.16 Å². The largest absolute Gasteiger partial charge is 0.481 e. The first-order valence-electron chi connectivity index (χ1n) is 4.31. The summed E-state index contributed by atoms with van der Waals surface area (Å²) in [5.74, 6) is -1.39. The van der Waals surface area contributed by atoms with Gasteiger partial charge >= 0.3 is 11.5 Å². The zero-order valence-electron chi connectivity index (χ0n) is 8.35. The number of halogens is 3. The maximum Gasteiger partial charge on any atom is 0.441 e. The van der Waals surface area contributed by atoms with E-state index in [2.05, 4.69) is 10.2 Å². The Balaban J connectivity index is 2.43. The van der Waals surface area contributed by atoms with Crippen LogP contribution in [0.15, 0.2) is 11.5 Å². The zero-order valence-corrected chi connectivity index (χ0v) is 9.98. The topological polar surface area (TPSA) is 68.0 Å². The van der Waals surface area contributed by atoms with Crippen molar-refractivity contribution in [2.45, 2.75) is 17.2 Å². The maximum absolute atomic E-state index is 11.9. The first-order valence-corrected chi connectivity index (χ1v) is 6.28. The number of carboxylic acids is 1. The fourth-order valence-corrected chi connectivity index (χ4v) is 2.08. The van der Waals surface area contributed by atoms with Crippen LogP contribution < -0.4 is 0 Å². The molecule has 0 unspecified atom stereocenters. The highest BCUT2D eigenvalue weighted by atomic mass is 32.2. The van der Waals surface area contributed by atoms with Crippen LogP contribution in [-0.2, 0) is 11.3 Å². The van der Waals surface area contributed by atoms with Crippen molar-refractivity contribution >= 4 is 29.5 Å². The van der Waals surface area contributed by atoms with Gasteiger partial charge in [-0.25, -0.2) is 0 Å². The van der Waals surface area contributed by atoms with Gasteiger partial charge in [-0.15, -0.1) is 10.2 Å². The van der Waals surface area contributed by atoms with Gasteiger partial charge in [0, 0.05) is 12.3 Å². The van der Waals surface area contributed by atoms with Gasteiger partial charge in [0.1, 0.15) is 6.33 Å². The van der Waals surface area contributed by atoms with Crippen LogP contribution in [0.2, 0.25) is 0 Å². The molecular formula is C7H8F3N3O2S2. The van der Waals surface area contributed by atoms with Gasteiger partial charge in [-0.2, -0.15) is 13.2 Å². The lowest BCUT2D eigenvalue weighted by atomic mass is 10.7. The first-order chi connectivity index (χ1) is 7.88. The molecule has 0 aliphatic heterocycles. The Kier molecular flexibility index (Phi) is 5.12. The van der Waals surface area contributed by atoms with Gasteiger partial charge in [0.2, 0.25) is 0 Å². The second-order valence-corrected chi connectivity index (χ2v) is 4.89. The van der Waals surface area contributed by atoms with E-state index in [1.165, 1.54) is 10.9 Å². The summed E-state index contributed by atoms with van der Waals surface area (Å²) in [6, 6.07) is 0. The van der Waals surface area contributed by atoms with Crippen LogP contribution in [0, 0.1) is 0 Å². The highest BCUT2D eigenvalue weighted by molar-refractivity contribution is 8.00. The van der Waals surface area contributed by atoms with Crippen LogP contribution in [0.5, 0.6) is 0 Å². The van der Waals surface area contributed by atoms with Crippen LogP contribution in [0.3, 0.4) is 0 Å². The molecule has 1 heterocycles. The van der Waals surface area contributed by atoms with Crippen molar-refractivity contribution in [1.29, 1.82) is 0 Å². The van der Waals surface area contributed by atoms with E-state index >= 15 is 0 Å². The van der Waals surface area contributed by atoms with Gasteiger partial charge in [0.05, 0.1) is 5.75 Å². The number of aromatic nitrogens is 3. The fraction of sp³-hybridized carbons (Fsp3) is 0.571. The molecule has 0 aliphatic rings. The smallest absolute Gasteiger partial charge is 0.441 e. The summed E-state index contributed by atoms with van der Waals surface area (Å²) in [7, 11) is 0. The van der Waals surface area contributed by atoms with E-state index in [1.54, 1.807) is 0 Å². The molecule has 96 valence electrons. The predicted octanol–water partition coefficient (Wildman–Crippen LogP) is 1.71. The molecule has 17 heavy (non-hydrogen) atoms. The molecule has 1 aromatic heterocycles. The third kappa shape index (κ3) is 5.82. The molecule has 0 aromatic carbocycles.